The first kappa shape index (κ1) is 13.4. The van der Waals surface area contributed by atoms with Gasteiger partial charge < -0.3 is 14.5 Å². The van der Waals surface area contributed by atoms with E-state index in [-0.39, 0.29) is 0 Å². The summed E-state index contributed by atoms with van der Waals surface area (Å²) < 4.78 is 10.1. The lowest BCUT2D eigenvalue weighted by Gasteiger charge is -2.07. The molecule has 0 saturated heterocycles. The largest absolute Gasteiger partial charge is 0.497 e. The van der Waals surface area contributed by atoms with E-state index in [2.05, 4.69) is 9.97 Å². The van der Waals surface area contributed by atoms with Crippen LogP contribution in [-0.4, -0.2) is 30.2 Å². The zero-order valence-corrected chi connectivity index (χ0v) is 12.2. The van der Waals surface area contributed by atoms with Gasteiger partial charge in [0.15, 0.2) is 5.69 Å². The number of fused-ring (bicyclic) bond motifs is 3. The van der Waals surface area contributed by atoms with Gasteiger partial charge in [0.1, 0.15) is 5.75 Å². The minimum Gasteiger partial charge on any atom is -0.497 e. The number of hydrogen-bond donors (Lipinski definition) is 1. The van der Waals surface area contributed by atoms with Crippen LogP contribution in [0.3, 0.4) is 0 Å². The molecule has 21 heavy (non-hydrogen) atoms. The molecule has 5 nitrogen and oxygen atoms in total. The molecule has 3 rings (SSSR count). The molecule has 0 aliphatic heterocycles. The summed E-state index contributed by atoms with van der Waals surface area (Å²) in [4.78, 5) is 19.5. The highest BCUT2D eigenvalue weighted by Gasteiger charge is 2.18. The number of nitrogens with zero attached hydrogens (tertiary/aromatic N) is 1. The Morgan fingerprint density at radius 1 is 1.29 bits per heavy atom. The van der Waals surface area contributed by atoms with Gasteiger partial charge in [-0.05, 0) is 30.2 Å². The lowest BCUT2D eigenvalue weighted by molar-refractivity contribution is 0.0593. The van der Waals surface area contributed by atoms with Crippen LogP contribution in [0.15, 0.2) is 24.4 Å². The van der Waals surface area contributed by atoms with E-state index in [4.69, 9.17) is 9.47 Å². The highest BCUT2D eigenvalue weighted by molar-refractivity contribution is 6.11. The van der Waals surface area contributed by atoms with Crippen molar-refractivity contribution in [1.82, 2.24) is 9.97 Å². The number of rotatable bonds is 3. The fourth-order valence-electron chi connectivity index (χ4n) is 2.68. The molecule has 0 unspecified atom stereocenters. The van der Waals surface area contributed by atoms with Crippen molar-refractivity contribution in [2.45, 2.75) is 13.3 Å². The fraction of sp³-hybridized carbons (Fsp3) is 0.250. The Bertz CT molecular complexity index is 836. The van der Waals surface area contributed by atoms with Crippen molar-refractivity contribution in [2.24, 2.45) is 0 Å². The van der Waals surface area contributed by atoms with Crippen molar-refractivity contribution in [3.05, 3.63) is 35.7 Å². The van der Waals surface area contributed by atoms with Gasteiger partial charge in [0.05, 0.1) is 25.9 Å². The number of ether oxygens (including phenoxy) is 2. The van der Waals surface area contributed by atoms with E-state index in [1.165, 1.54) is 7.11 Å². The average Bonchev–Trinajstić information content (AvgIpc) is 2.90. The molecule has 5 heteroatoms. The van der Waals surface area contributed by atoms with Crippen LogP contribution < -0.4 is 4.74 Å². The third-order valence-corrected chi connectivity index (χ3v) is 3.68. The summed E-state index contributed by atoms with van der Waals surface area (Å²) in [6.07, 6.45) is 2.37. The topological polar surface area (TPSA) is 64.2 Å². The second-order valence-electron chi connectivity index (χ2n) is 4.76. The van der Waals surface area contributed by atoms with Crippen molar-refractivity contribution in [3.8, 4) is 5.75 Å². The molecule has 1 N–H and O–H groups in total. The standard InChI is InChI=1S/C16H16N2O3/c1-4-10-14-11-7-9(20-2)5-6-12(11)18-13(14)8-17-15(10)16(19)21-3/h5-8,18H,4H2,1-3H3. The number of carbonyl (C=O) groups excluding carboxylic acids is 1. The molecule has 0 aliphatic rings. The summed E-state index contributed by atoms with van der Waals surface area (Å²) in [7, 11) is 3.00. The molecule has 0 amide bonds. The predicted octanol–water partition coefficient (Wildman–Crippen LogP) is 3.07. The number of methoxy groups -OCH3 is 2. The summed E-state index contributed by atoms with van der Waals surface area (Å²) >= 11 is 0. The highest BCUT2D eigenvalue weighted by atomic mass is 16.5. The second kappa shape index (κ2) is 5.09. The van der Waals surface area contributed by atoms with E-state index in [1.54, 1.807) is 13.3 Å². The number of H-pyrrole nitrogens is 1. The van der Waals surface area contributed by atoms with Gasteiger partial charge in [-0.15, -0.1) is 0 Å². The highest BCUT2D eigenvalue weighted by Crippen LogP contribution is 2.32. The monoisotopic (exact) mass is 284 g/mol. The number of nitrogens with one attached hydrogen (secondary N) is 1. The maximum Gasteiger partial charge on any atom is 0.356 e. The quantitative estimate of drug-likeness (QED) is 0.751. The van der Waals surface area contributed by atoms with Crippen LogP contribution >= 0.6 is 0 Å². The average molecular weight is 284 g/mol. The first-order valence-corrected chi connectivity index (χ1v) is 6.75. The number of pyridine rings is 1. The summed E-state index contributed by atoms with van der Waals surface area (Å²) in [5.41, 5.74) is 3.15. The number of aryl methyl sites for hydroxylation is 1. The number of aromatic nitrogens is 2. The van der Waals surface area contributed by atoms with E-state index in [0.29, 0.717) is 12.1 Å². The van der Waals surface area contributed by atoms with E-state index in [9.17, 15) is 4.79 Å². The molecule has 1 aromatic carbocycles. The van der Waals surface area contributed by atoms with Gasteiger partial charge >= 0.3 is 5.97 Å². The van der Waals surface area contributed by atoms with Crippen molar-refractivity contribution in [3.63, 3.8) is 0 Å². The van der Waals surface area contributed by atoms with E-state index in [0.717, 1.165) is 33.1 Å². The normalized spacial score (nSPS) is 11.0. The Kier molecular flexibility index (Phi) is 3.25. The van der Waals surface area contributed by atoms with Crippen LogP contribution in [0, 0.1) is 0 Å². The summed E-state index contributed by atoms with van der Waals surface area (Å²) in [6.45, 7) is 2.00. The third-order valence-electron chi connectivity index (χ3n) is 3.68. The lowest BCUT2D eigenvalue weighted by Crippen LogP contribution is -2.08. The van der Waals surface area contributed by atoms with Crippen molar-refractivity contribution >= 4 is 27.8 Å². The Hall–Kier alpha value is -2.56. The van der Waals surface area contributed by atoms with E-state index in [1.807, 2.05) is 25.1 Å². The smallest absolute Gasteiger partial charge is 0.356 e. The molecule has 3 aromatic rings. The minimum atomic E-state index is -0.411. The Balaban J connectivity index is 2.41. The maximum absolute atomic E-state index is 11.9. The molecular formula is C16H16N2O3. The van der Waals surface area contributed by atoms with Gasteiger partial charge in [-0.1, -0.05) is 6.92 Å². The number of esters is 1. The second-order valence-corrected chi connectivity index (χ2v) is 4.76. The molecule has 0 saturated carbocycles. The van der Waals surface area contributed by atoms with Crippen LogP contribution in [0.5, 0.6) is 5.75 Å². The number of aromatic amines is 1. The van der Waals surface area contributed by atoms with Crippen LogP contribution in [0.4, 0.5) is 0 Å². The third kappa shape index (κ3) is 2.01. The van der Waals surface area contributed by atoms with Gasteiger partial charge in [0, 0.05) is 16.3 Å². The Labute approximate surface area is 121 Å². The van der Waals surface area contributed by atoms with Crippen LogP contribution in [0.25, 0.3) is 21.8 Å². The Morgan fingerprint density at radius 2 is 2.10 bits per heavy atom. The molecule has 0 aliphatic carbocycles. The number of carbonyl (C=O) groups is 1. The van der Waals surface area contributed by atoms with Gasteiger partial charge in [0.25, 0.3) is 0 Å². The zero-order chi connectivity index (χ0) is 15.0. The fourth-order valence-corrected chi connectivity index (χ4v) is 2.68. The van der Waals surface area contributed by atoms with Gasteiger partial charge in [-0.2, -0.15) is 0 Å². The van der Waals surface area contributed by atoms with E-state index >= 15 is 0 Å². The molecule has 0 spiro atoms. The minimum absolute atomic E-state index is 0.371. The lowest BCUT2D eigenvalue weighted by atomic mass is 10.0. The van der Waals surface area contributed by atoms with Gasteiger partial charge in [-0.25, -0.2) is 9.78 Å². The number of hydrogen-bond acceptors (Lipinski definition) is 4. The Morgan fingerprint density at radius 3 is 2.76 bits per heavy atom. The summed E-state index contributed by atoms with van der Waals surface area (Å²) in [5, 5.41) is 2.02. The van der Waals surface area contributed by atoms with Crippen molar-refractivity contribution in [2.75, 3.05) is 14.2 Å². The zero-order valence-electron chi connectivity index (χ0n) is 12.2. The SMILES string of the molecule is CCc1c(C(=O)OC)ncc2[nH]c3ccc(OC)cc3c12. The first-order chi connectivity index (χ1) is 10.2. The molecule has 0 radical (unpaired) electrons. The molecule has 108 valence electrons. The van der Waals surface area contributed by atoms with Crippen LogP contribution in [-0.2, 0) is 11.2 Å². The first-order valence-electron chi connectivity index (χ1n) is 6.75. The molecule has 2 heterocycles. The van der Waals surface area contributed by atoms with Crippen LogP contribution in [0.1, 0.15) is 23.0 Å². The summed E-state index contributed by atoms with van der Waals surface area (Å²) in [5.74, 6) is 0.368. The molecule has 2 aromatic heterocycles. The van der Waals surface area contributed by atoms with Crippen molar-refractivity contribution in [1.29, 1.82) is 0 Å². The molecule has 0 atom stereocenters. The van der Waals surface area contributed by atoms with E-state index < -0.39 is 5.97 Å². The van der Waals surface area contributed by atoms with Crippen molar-refractivity contribution < 1.29 is 14.3 Å². The predicted molar refractivity (Wildman–Crippen MR) is 80.9 cm³/mol. The molecule has 0 fully saturated rings. The van der Waals surface area contributed by atoms with Gasteiger partial charge in [-0.3, -0.25) is 0 Å². The van der Waals surface area contributed by atoms with Crippen LogP contribution in [0.2, 0.25) is 0 Å². The van der Waals surface area contributed by atoms with Gasteiger partial charge in [0.2, 0.25) is 0 Å². The summed E-state index contributed by atoms with van der Waals surface area (Å²) in [6, 6.07) is 5.83. The molecular weight excluding hydrogens is 268 g/mol. The molecule has 0 bridgehead atoms. The number of benzene rings is 1. The maximum atomic E-state index is 11.9.